The van der Waals surface area contributed by atoms with E-state index in [-0.39, 0.29) is 5.69 Å². The molecule has 0 aliphatic rings. The summed E-state index contributed by atoms with van der Waals surface area (Å²) in [6, 6.07) is 0. The Kier molecular flexibility index (Phi) is 6.21. The number of nitrogens with zero attached hydrogens (tertiary/aromatic N) is 2. The summed E-state index contributed by atoms with van der Waals surface area (Å²) in [6.45, 7) is 4.29. The van der Waals surface area contributed by atoms with Crippen LogP contribution in [0.25, 0.3) is 0 Å². The van der Waals surface area contributed by atoms with Crippen molar-refractivity contribution in [3.63, 3.8) is 0 Å². The zero-order valence-electron chi connectivity index (χ0n) is 11.0. The maximum Gasteiger partial charge on any atom is 0.360 e. The molecule has 0 fully saturated rings. The number of carbonyl (C=O) groups excluding carboxylic acids is 1. The van der Waals surface area contributed by atoms with Crippen molar-refractivity contribution in [1.29, 1.82) is 0 Å². The number of esters is 1. The van der Waals surface area contributed by atoms with E-state index in [0.29, 0.717) is 19.0 Å². The fourth-order valence-corrected chi connectivity index (χ4v) is 1.51. The lowest BCUT2D eigenvalue weighted by atomic mass is 10.3. The number of methoxy groups -OCH3 is 1. The van der Waals surface area contributed by atoms with Crippen LogP contribution in [0.5, 0.6) is 0 Å². The van der Waals surface area contributed by atoms with Crippen LogP contribution in [-0.4, -0.2) is 35.8 Å². The third-order valence-electron chi connectivity index (χ3n) is 2.59. The van der Waals surface area contributed by atoms with Gasteiger partial charge in [-0.15, -0.1) is 0 Å². The molecule has 0 atom stereocenters. The Morgan fingerprint density at radius 3 is 2.83 bits per heavy atom. The van der Waals surface area contributed by atoms with Gasteiger partial charge in [-0.3, -0.25) is 0 Å². The average Bonchev–Trinajstić information content (AvgIpc) is 2.74. The molecule has 1 rings (SSSR count). The third-order valence-corrected chi connectivity index (χ3v) is 2.59. The standard InChI is InChI=1S/C12H21N3O3/c1-3-4-7-18-8-5-6-15-9-14-10(11(15)13)12(16)17-2/h9H,3-8,13H2,1-2H3. The molecule has 0 amide bonds. The lowest BCUT2D eigenvalue weighted by molar-refractivity contribution is 0.0596. The van der Waals surface area contributed by atoms with Crippen LogP contribution >= 0.6 is 0 Å². The summed E-state index contributed by atoms with van der Waals surface area (Å²) in [4.78, 5) is 15.2. The normalized spacial score (nSPS) is 10.6. The molecule has 0 saturated heterocycles. The number of hydrogen-bond donors (Lipinski definition) is 1. The van der Waals surface area contributed by atoms with Crippen molar-refractivity contribution in [3.8, 4) is 0 Å². The lowest BCUT2D eigenvalue weighted by Crippen LogP contribution is -2.09. The molecule has 1 heterocycles. The number of aromatic nitrogens is 2. The Balaban J connectivity index is 2.35. The van der Waals surface area contributed by atoms with Crippen molar-refractivity contribution in [2.75, 3.05) is 26.1 Å². The first-order valence-corrected chi connectivity index (χ1v) is 6.17. The number of nitrogens with two attached hydrogens (primary N) is 1. The molecule has 1 aromatic heterocycles. The average molecular weight is 255 g/mol. The minimum atomic E-state index is -0.509. The Bertz CT molecular complexity index is 377. The number of carbonyl (C=O) groups is 1. The summed E-state index contributed by atoms with van der Waals surface area (Å²) < 4.78 is 11.8. The summed E-state index contributed by atoms with van der Waals surface area (Å²) in [5, 5.41) is 0. The minimum Gasteiger partial charge on any atom is -0.464 e. The van der Waals surface area contributed by atoms with Gasteiger partial charge >= 0.3 is 5.97 Å². The highest BCUT2D eigenvalue weighted by atomic mass is 16.5. The van der Waals surface area contributed by atoms with E-state index < -0.39 is 5.97 Å². The van der Waals surface area contributed by atoms with Crippen molar-refractivity contribution in [2.45, 2.75) is 32.7 Å². The predicted octanol–water partition coefficient (Wildman–Crippen LogP) is 1.46. The zero-order valence-corrected chi connectivity index (χ0v) is 11.0. The molecule has 0 aliphatic heterocycles. The van der Waals surface area contributed by atoms with Gasteiger partial charge in [-0.25, -0.2) is 9.78 Å². The van der Waals surface area contributed by atoms with Crippen LogP contribution < -0.4 is 5.73 Å². The second kappa shape index (κ2) is 7.71. The van der Waals surface area contributed by atoms with E-state index in [9.17, 15) is 4.79 Å². The maximum absolute atomic E-state index is 11.3. The summed E-state index contributed by atoms with van der Waals surface area (Å²) in [5.74, 6) is -0.166. The number of ether oxygens (including phenoxy) is 2. The van der Waals surface area contributed by atoms with E-state index in [4.69, 9.17) is 10.5 Å². The van der Waals surface area contributed by atoms with E-state index >= 15 is 0 Å². The number of rotatable bonds is 8. The molecule has 2 N–H and O–H groups in total. The highest BCUT2D eigenvalue weighted by molar-refractivity contribution is 5.91. The molecule has 6 heteroatoms. The van der Waals surface area contributed by atoms with Gasteiger partial charge in [0.2, 0.25) is 0 Å². The van der Waals surface area contributed by atoms with Gasteiger partial charge in [0.15, 0.2) is 5.69 Å². The molecular formula is C12H21N3O3. The van der Waals surface area contributed by atoms with Crippen LogP contribution in [0.2, 0.25) is 0 Å². The number of aryl methyl sites for hydroxylation is 1. The number of imidazole rings is 1. The zero-order chi connectivity index (χ0) is 13.4. The molecular weight excluding hydrogens is 234 g/mol. The number of unbranched alkanes of at least 4 members (excludes halogenated alkanes) is 1. The summed E-state index contributed by atoms with van der Waals surface area (Å²) in [5.41, 5.74) is 5.97. The highest BCUT2D eigenvalue weighted by Crippen LogP contribution is 2.11. The lowest BCUT2D eigenvalue weighted by Gasteiger charge is -2.06. The number of hydrogen-bond acceptors (Lipinski definition) is 5. The van der Waals surface area contributed by atoms with Gasteiger partial charge < -0.3 is 19.8 Å². The van der Waals surface area contributed by atoms with E-state index in [0.717, 1.165) is 25.9 Å². The monoisotopic (exact) mass is 255 g/mol. The third kappa shape index (κ3) is 4.03. The fourth-order valence-electron chi connectivity index (χ4n) is 1.51. The van der Waals surface area contributed by atoms with Crippen LogP contribution in [0.3, 0.4) is 0 Å². The molecule has 0 bridgehead atoms. The number of anilines is 1. The SMILES string of the molecule is CCCCOCCCn1cnc(C(=O)OC)c1N. The van der Waals surface area contributed by atoms with Crippen molar-refractivity contribution in [1.82, 2.24) is 9.55 Å². The van der Waals surface area contributed by atoms with E-state index in [1.54, 1.807) is 10.9 Å². The maximum atomic E-state index is 11.3. The minimum absolute atomic E-state index is 0.171. The molecule has 0 spiro atoms. The molecule has 18 heavy (non-hydrogen) atoms. The van der Waals surface area contributed by atoms with Crippen LogP contribution in [0, 0.1) is 0 Å². The van der Waals surface area contributed by atoms with Gasteiger partial charge in [-0.2, -0.15) is 0 Å². The number of nitrogen functional groups attached to an aromatic ring is 1. The smallest absolute Gasteiger partial charge is 0.360 e. The first-order chi connectivity index (χ1) is 8.70. The summed E-state index contributed by atoms with van der Waals surface area (Å²) in [6.07, 6.45) is 4.61. The van der Waals surface area contributed by atoms with Gasteiger partial charge in [0.25, 0.3) is 0 Å². The van der Waals surface area contributed by atoms with Crippen molar-refractivity contribution >= 4 is 11.8 Å². The van der Waals surface area contributed by atoms with Gasteiger partial charge in [0.05, 0.1) is 13.4 Å². The van der Waals surface area contributed by atoms with E-state index in [1.807, 2.05) is 0 Å². The van der Waals surface area contributed by atoms with Crippen LogP contribution in [0.1, 0.15) is 36.7 Å². The molecule has 0 aromatic carbocycles. The molecule has 1 aromatic rings. The fraction of sp³-hybridized carbons (Fsp3) is 0.667. The predicted molar refractivity (Wildman–Crippen MR) is 68.3 cm³/mol. The first kappa shape index (κ1) is 14.5. The van der Waals surface area contributed by atoms with Gasteiger partial charge in [-0.05, 0) is 12.8 Å². The Labute approximate surface area is 107 Å². The Hall–Kier alpha value is -1.56. The van der Waals surface area contributed by atoms with Crippen LogP contribution in [0.15, 0.2) is 6.33 Å². The highest BCUT2D eigenvalue weighted by Gasteiger charge is 2.15. The van der Waals surface area contributed by atoms with Crippen molar-refractivity contribution in [2.24, 2.45) is 0 Å². The van der Waals surface area contributed by atoms with E-state index in [2.05, 4.69) is 16.6 Å². The summed E-state index contributed by atoms with van der Waals surface area (Å²) in [7, 11) is 1.31. The largest absolute Gasteiger partial charge is 0.464 e. The van der Waals surface area contributed by atoms with Crippen LogP contribution in [-0.2, 0) is 16.0 Å². The molecule has 0 radical (unpaired) electrons. The van der Waals surface area contributed by atoms with Crippen LogP contribution in [0.4, 0.5) is 5.82 Å². The quantitative estimate of drug-likeness (QED) is 0.562. The molecule has 0 unspecified atom stereocenters. The first-order valence-electron chi connectivity index (χ1n) is 6.17. The Morgan fingerprint density at radius 2 is 2.17 bits per heavy atom. The van der Waals surface area contributed by atoms with Gasteiger partial charge in [-0.1, -0.05) is 13.3 Å². The van der Waals surface area contributed by atoms with E-state index in [1.165, 1.54) is 7.11 Å². The Morgan fingerprint density at radius 1 is 1.44 bits per heavy atom. The molecule has 0 saturated carbocycles. The van der Waals surface area contributed by atoms with Gasteiger partial charge in [0, 0.05) is 19.8 Å². The topological polar surface area (TPSA) is 79.4 Å². The van der Waals surface area contributed by atoms with Crippen molar-refractivity contribution in [3.05, 3.63) is 12.0 Å². The second-order valence-electron chi connectivity index (χ2n) is 3.98. The summed E-state index contributed by atoms with van der Waals surface area (Å²) >= 11 is 0. The second-order valence-corrected chi connectivity index (χ2v) is 3.98. The molecule has 6 nitrogen and oxygen atoms in total. The molecule has 102 valence electrons. The van der Waals surface area contributed by atoms with Crippen molar-refractivity contribution < 1.29 is 14.3 Å². The molecule has 0 aliphatic carbocycles. The van der Waals surface area contributed by atoms with Gasteiger partial charge in [0.1, 0.15) is 5.82 Å².